The van der Waals surface area contributed by atoms with E-state index in [1.807, 2.05) is 18.2 Å². The second-order valence-electron chi connectivity index (χ2n) is 4.69. The van der Waals surface area contributed by atoms with Crippen molar-refractivity contribution in [1.82, 2.24) is 0 Å². The van der Waals surface area contributed by atoms with Crippen LogP contribution in [0.4, 0.5) is 18.9 Å². The van der Waals surface area contributed by atoms with Gasteiger partial charge in [0.15, 0.2) is 0 Å². The molecule has 0 aromatic heterocycles. The van der Waals surface area contributed by atoms with Crippen LogP contribution in [0.3, 0.4) is 0 Å². The lowest BCUT2D eigenvalue weighted by molar-refractivity contribution is -0.138. The highest BCUT2D eigenvalue weighted by Gasteiger charge is 2.33. The van der Waals surface area contributed by atoms with Crippen LogP contribution in [0.25, 0.3) is 0 Å². The fourth-order valence-electron chi connectivity index (χ4n) is 2.03. The van der Waals surface area contributed by atoms with Crippen LogP contribution in [0.2, 0.25) is 0 Å². The van der Waals surface area contributed by atoms with Gasteiger partial charge < -0.3 is 10.5 Å². The Bertz CT molecular complexity index is 596. The van der Waals surface area contributed by atoms with E-state index < -0.39 is 11.7 Å². The van der Waals surface area contributed by atoms with E-state index in [-0.39, 0.29) is 12.4 Å². The number of nitrogen functional groups attached to an aromatic ring is 1. The van der Waals surface area contributed by atoms with Crippen molar-refractivity contribution in [2.45, 2.75) is 19.0 Å². The Morgan fingerprint density at radius 3 is 2.48 bits per heavy atom. The maximum atomic E-state index is 12.8. The second kappa shape index (κ2) is 6.52. The molecule has 2 aromatic rings. The zero-order valence-corrected chi connectivity index (χ0v) is 11.4. The fourth-order valence-corrected chi connectivity index (χ4v) is 2.03. The molecule has 0 atom stereocenters. The van der Waals surface area contributed by atoms with Gasteiger partial charge in [-0.2, -0.15) is 13.2 Å². The fraction of sp³-hybridized carbons (Fsp3) is 0.250. The van der Waals surface area contributed by atoms with Crippen molar-refractivity contribution in [2.24, 2.45) is 0 Å². The van der Waals surface area contributed by atoms with Crippen molar-refractivity contribution in [3.63, 3.8) is 0 Å². The quantitative estimate of drug-likeness (QED) is 0.659. The molecular weight excluding hydrogens is 279 g/mol. The van der Waals surface area contributed by atoms with E-state index in [9.17, 15) is 13.2 Å². The van der Waals surface area contributed by atoms with E-state index in [1.165, 1.54) is 18.2 Å². The molecule has 0 saturated heterocycles. The van der Waals surface area contributed by atoms with Crippen LogP contribution in [0, 0.1) is 0 Å². The minimum atomic E-state index is -4.40. The van der Waals surface area contributed by atoms with Gasteiger partial charge in [0.2, 0.25) is 0 Å². The lowest BCUT2D eigenvalue weighted by atomic mass is 10.1. The van der Waals surface area contributed by atoms with Crippen LogP contribution in [-0.4, -0.2) is 6.61 Å². The van der Waals surface area contributed by atoms with Gasteiger partial charge in [0.1, 0.15) is 5.75 Å². The number of anilines is 1. The first-order valence-corrected chi connectivity index (χ1v) is 6.60. The van der Waals surface area contributed by atoms with Crippen molar-refractivity contribution in [3.8, 4) is 5.75 Å². The van der Waals surface area contributed by atoms with E-state index in [1.54, 1.807) is 6.07 Å². The van der Waals surface area contributed by atoms with Gasteiger partial charge in [-0.3, -0.25) is 0 Å². The largest absolute Gasteiger partial charge is 0.493 e. The topological polar surface area (TPSA) is 35.2 Å². The van der Waals surface area contributed by atoms with Gasteiger partial charge in [0.05, 0.1) is 12.2 Å². The molecule has 0 bridgehead atoms. The molecule has 2 nitrogen and oxygen atoms in total. The summed E-state index contributed by atoms with van der Waals surface area (Å²) in [4.78, 5) is 0. The minimum Gasteiger partial charge on any atom is -0.493 e. The Balaban J connectivity index is 1.90. The highest BCUT2D eigenvalue weighted by molar-refractivity contribution is 5.40. The lowest BCUT2D eigenvalue weighted by Crippen LogP contribution is -2.09. The summed E-state index contributed by atoms with van der Waals surface area (Å²) in [6.45, 7) is 0.224. The summed E-state index contributed by atoms with van der Waals surface area (Å²) in [7, 11) is 0. The molecule has 0 radical (unpaired) electrons. The van der Waals surface area contributed by atoms with Gasteiger partial charge >= 0.3 is 6.18 Å². The Morgan fingerprint density at radius 1 is 1.00 bits per heavy atom. The molecule has 2 aromatic carbocycles. The van der Waals surface area contributed by atoms with Crippen molar-refractivity contribution >= 4 is 5.69 Å². The Labute approximate surface area is 121 Å². The third kappa shape index (κ3) is 4.41. The predicted molar refractivity (Wildman–Crippen MR) is 76.1 cm³/mol. The van der Waals surface area contributed by atoms with Crippen molar-refractivity contribution in [3.05, 3.63) is 59.7 Å². The van der Waals surface area contributed by atoms with Gasteiger partial charge in [-0.25, -0.2) is 0 Å². The molecule has 0 fully saturated rings. The standard InChI is InChI=1S/C16H16F3NO/c17-16(18,19)14-8-1-2-9-15(14)21-10-4-6-12-5-3-7-13(20)11-12/h1-3,5,7-9,11H,4,6,10,20H2. The molecule has 5 heteroatoms. The molecule has 2 rings (SSSR count). The minimum absolute atomic E-state index is 0.127. The van der Waals surface area contributed by atoms with Crippen molar-refractivity contribution in [2.75, 3.05) is 12.3 Å². The normalized spacial score (nSPS) is 11.4. The average molecular weight is 295 g/mol. The van der Waals surface area contributed by atoms with Crippen LogP contribution in [0.1, 0.15) is 17.5 Å². The number of halogens is 3. The molecule has 0 aliphatic carbocycles. The van der Waals surface area contributed by atoms with Crippen LogP contribution >= 0.6 is 0 Å². The molecule has 2 N–H and O–H groups in total. The molecule has 0 amide bonds. The zero-order valence-electron chi connectivity index (χ0n) is 11.4. The zero-order chi connectivity index (χ0) is 15.3. The summed E-state index contributed by atoms with van der Waals surface area (Å²) in [5, 5.41) is 0. The molecule has 0 aliphatic heterocycles. The van der Waals surface area contributed by atoms with Crippen LogP contribution in [0.5, 0.6) is 5.75 Å². The van der Waals surface area contributed by atoms with Crippen molar-refractivity contribution in [1.29, 1.82) is 0 Å². The summed E-state index contributed by atoms with van der Waals surface area (Å²) in [6, 6.07) is 12.7. The smallest absolute Gasteiger partial charge is 0.419 e. The summed E-state index contributed by atoms with van der Waals surface area (Å²) in [5.74, 6) is -0.127. The van der Waals surface area contributed by atoms with Gasteiger partial charge in [-0.05, 0) is 42.7 Å². The summed E-state index contributed by atoms with van der Waals surface area (Å²) >= 11 is 0. The van der Waals surface area contributed by atoms with Crippen molar-refractivity contribution < 1.29 is 17.9 Å². The summed E-state index contributed by atoms with van der Waals surface area (Å²) < 4.78 is 43.6. The summed E-state index contributed by atoms with van der Waals surface area (Å²) in [5.41, 5.74) is 6.64. The number of hydrogen-bond acceptors (Lipinski definition) is 2. The highest BCUT2D eigenvalue weighted by Crippen LogP contribution is 2.35. The lowest BCUT2D eigenvalue weighted by Gasteiger charge is -2.13. The van der Waals surface area contributed by atoms with Crippen LogP contribution < -0.4 is 10.5 Å². The maximum absolute atomic E-state index is 12.8. The molecule has 0 saturated carbocycles. The highest BCUT2D eigenvalue weighted by atomic mass is 19.4. The number of nitrogens with two attached hydrogens (primary N) is 1. The first-order valence-electron chi connectivity index (χ1n) is 6.60. The number of aryl methyl sites for hydroxylation is 1. The maximum Gasteiger partial charge on any atom is 0.419 e. The molecule has 0 heterocycles. The molecule has 21 heavy (non-hydrogen) atoms. The number of ether oxygens (including phenoxy) is 1. The molecule has 112 valence electrons. The van der Waals surface area contributed by atoms with E-state index >= 15 is 0 Å². The third-order valence-electron chi connectivity index (χ3n) is 3.01. The Hall–Kier alpha value is -2.17. The number of benzene rings is 2. The molecular formula is C16H16F3NO. The monoisotopic (exact) mass is 295 g/mol. The Morgan fingerprint density at radius 2 is 1.76 bits per heavy atom. The molecule has 0 unspecified atom stereocenters. The SMILES string of the molecule is Nc1cccc(CCCOc2ccccc2C(F)(F)F)c1. The Kier molecular flexibility index (Phi) is 4.73. The predicted octanol–water partition coefficient (Wildman–Crippen LogP) is 4.30. The van der Waals surface area contributed by atoms with E-state index in [2.05, 4.69) is 0 Å². The third-order valence-corrected chi connectivity index (χ3v) is 3.01. The summed E-state index contributed by atoms with van der Waals surface area (Å²) in [6.07, 6.45) is -3.07. The average Bonchev–Trinajstić information content (AvgIpc) is 2.43. The van der Waals surface area contributed by atoms with Crippen LogP contribution in [-0.2, 0) is 12.6 Å². The molecule has 0 aliphatic rings. The van der Waals surface area contributed by atoms with Gasteiger partial charge in [-0.1, -0.05) is 24.3 Å². The van der Waals surface area contributed by atoms with Gasteiger partial charge in [-0.15, -0.1) is 0 Å². The van der Waals surface area contributed by atoms with Gasteiger partial charge in [0.25, 0.3) is 0 Å². The van der Waals surface area contributed by atoms with E-state index in [4.69, 9.17) is 10.5 Å². The first-order chi connectivity index (χ1) is 9.97. The second-order valence-corrected chi connectivity index (χ2v) is 4.69. The number of alkyl halides is 3. The number of rotatable bonds is 5. The van der Waals surface area contributed by atoms with Gasteiger partial charge in [0, 0.05) is 5.69 Å². The van der Waals surface area contributed by atoms with Crippen LogP contribution in [0.15, 0.2) is 48.5 Å². The van der Waals surface area contributed by atoms with E-state index in [0.29, 0.717) is 18.5 Å². The number of para-hydroxylation sites is 1. The van der Waals surface area contributed by atoms with E-state index in [0.717, 1.165) is 11.6 Å². The number of hydrogen-bond donors (Lipinski definition) is 1. The first kappa shape index (κ1) is 15.2. The molecule has 0 spiro atoms.